The Kier molecular flexibility index (Phi) is 5.94. The quantitative estimate of drug-likeness (QED) is 0.370. The largest absolute Gasteiger partial charge is 0.330 e. The summed E-state index contributed by atoms with van der Waals surface area (Å²) in [6, 6.07) is 0. The lowest BCUT2D eigenvalue weighted by Gasteiger charge is -2.10. The molecule has 0 aromatic heterocycles. The third kappa shape index (κ3) is 5.79. The van der Waals surface area contributed by atoms with Gasteiger partial charge in [-0.2, -0.15) is 8.42 Å². The Morgan fingerprint density at radius 2 is 2.08 bits per heavy atom. The highest BCUT2D eigenvalue weighted by molar-refractivity contribution is 7.86. The Labute approximate surface area is 79.6 Å². The van der Waals surface area contributed by atoms with Crippen molar-refractivity contribution in [2.75, 3.05) is 6.54 Å². The molecule has 0 saturated heterocycles. The highest BCUT2D eigenvalue weighted by Crippen LogP contribution is 2.12. The average molecular weight is 207 g/mol. The standard InChI is InChI=1S/C8H17NO3S/c1-2-5-8(13(10,11)12)6-3-4-7-9/h2,8H,1,3-7,9H2,(H,10,11,12). The predicted octanol–water partition coefficient (Wildman–Crippen LogP) is 0.948. The molecule has 0 aliphatic heterocycles. The van der Waals surface area contributed by atoms with Crippen molar-refractivity contribution in [1.29, 1.82) is 0 Å². The summed E-state index contributed by atoms with van der Waals surface area (Å²) in [5, 5.41) is -0.712. The van der Waals surface area contributed by atoms with Crippen LogP contribution in [0.2, 0.25) is 0 Å². The summed E-state index contributed by atoms with van der Waals surface area (Å²) >= 11 is 0. The van der Waals surface area contributed by atoms with Crippen molar-refractivity contribution in [3.8, 4) is 0 Å². The van der Waals surface area contributed by atoms with E-state index < -0.39 is 15.4 Å². The summed E-state index contributed by atoms with van der Waals surface area (Å²) in [5.74, 6) is 0. The van der Waals surface area contributed by atoms with Gasteiger partial charge in [0.1, 0.15) is 0 Å². The number of rotatable bonds is 7. The summed E-state index contributed by atoms with van der Waals surface area (Å²) in [7, 11) is -3.92. The molecule has 0 amide bonds. The molecule has 0 aromatic rings. The van der Waals surface area contributed by atoms with Gasteiger partial charge in [0.15, 0.2) is 0 Å². The normalized spacial score (nSPS) is 14.0. The van der Waals surface area contributed by atoms with Gasteiger partial charge in [0.05, 0.1) is 5.25 Å². The van der Waals surface area contributed by atoms with Crippen LogP contribution >= 0.6 is 0 Å². The molecule has 0 rings (SSSR count). The first-order chi connectivity index (χ1) is 6.02. The van der Waals surface area contributed by atoms with Crippen LogP contribution in [0, 0.1) is 0 Å². The van der Waals surface area contributed by atoms with Crippen LogP contribution in [0.3, 0.4) is 0 Å². The van der Waals surface area contributed by atoms with E-state index in [-0.39, 0.29) is 0 Å². The minimum atomic E-state index is -3.92. The molecule has 1 unspecified atom stereocenters. The highest BCUT2D eigenvalue weighted by atomic mass is 32.2. The second-order valence-corrected chi connectivity index (χ2v) is 4.64. The molecule has 0 radical (unpaired) electrons. The molecule has 3 N–H and O–H groups in total. The van der Waals surface area contributed by atoms with E-state index in [0.717, 1.165) is 12.8 Å². The van der Waals surface area contributed by atoms with Gasteiger partial charge < -0.3 is 5.73 Å². The number of unbranched alkanes of at least 4 members (excludes halogenated alkanes) is 1. The van der Waals surface area contributed by atoms with Gasteiger partial charge in [-0.3, -0.25) is 4.55 Å². The molecule has 0 aliphatic carbocycles. The molecule has 1 atom stereocenters. The average Bonchev–Trinajstić information content (AvgIpc) is 2.01. The summed E-state index contributed by atoms with van der Waals surface area (Å²) in [6.07, 6.45) is 3.74. The number of nitrogens with two attached hydrogens (primary N) is 1. The van der Waals surface area contributed by atoms with E-state index in [1.165, 1.54) is 6.08 Å². The molecule has 0 aromatic carbocycles. The van der Waals surface area contributed by atoms with Gasteiger partial charge in [0.25, 0.3) is 10.1 Å². The van der Waals surface area contributed by atoms with E-state index in [1.807, 2.05) is 0 Å². The molecule has 0 saturated carbocycles. The monoisotopic (exact) mass is 207 g/mol. The van der Waals surface area contributed by atoms with Gasteiger partial charge in [-0.15, -0.1) is 6.58 Å². The fourth-order valence-electron chi connectivity index (χ4n) is 1.09. The Balaban J connectivity index is 4.03. The zero-order chi connectivity index (χ0) is 10.3. The first kappa shape index (κ1) is 12.6. The lowest BCUT2D eigenvalue weighted by molar-refractivity contribution is 0.458. The molecule has 4 nitrogen and oxygen atoms in total. The van der Waals surface area contributed by atoms with Crippen molar-refractivity contribution < 1.29 is 13.0 Å². The lowest BCUT2D eigenvalue weighted by Crippen LogP contribution is -2.20. The van der Waals surface area contributed by atoms with E-state index in [9.17, 15) is 8.42 Å². The Morgan fingerprint density at radius 1 is 1.46 bits per heavy atom. The van der Waals surface area contributed by atoms with Crippen LogP contribution in [-0.2, 0) is 10.1 Å². The second-order valence-electron chi connectivity index (χ2n) is 2.95. The minimum Gasteiger partial charge on any atom is -0.330 e. The van der Waals surface area contributed by atoms with E-state index in [0.29, 0.717) is 19.4 Å². The molecule has 0 heterocycles. The van der Waals surface area contributed by atoms with Gasteiger partial charge in [-0.05, 0) is 25.8 Å². The maximum Gasteiger partial charge on any atom is 0.268 e. The number of hydrogen-bond donors (Lipinski definition) is 2. The molecule has 0 spiro atoms. The predicted molar refractivity (Wildman–Crippen MR) is 53.1 cm³/mol. The van der Waals surface area contributed by atoms with Crippen LogP contribution in [0.5, 0.6) is 0 Å². The Morgan fingerprint density at radius 3 is 2.46 bits per heavy atom. The van der Waals surface area contributed by atoms with Crippen molar-refractivity contribution in [3.63, 3.8) is 0 Å². The van der Waals surface area contributed by atoms with Crippen LogP contribution < -0.4 is 5.73 Å². The van der Waals surface area contributed by atoms with Gasteiger partial charge >= 0.3 is 0 Å². The Hall–Kier alpha value is -0.390. The minimum absolute atomic E-state index is 0.295. The molecular formula is C8H17NO3S. The van der Waals surface area contributed by atoms with Gasteiger partial charge in [0, 0.05) is 0 Å². The number of hydrogen-bond acceptors (Lipinski definition) is 3. The van der Waals surface area contributed by atoms with Gasteiger partial charge in [0.2, 0.25) is 0 Å². The molecule has 13 heavy (non-hydrogen) atoms. The molecule has 5 heteroatoms. The fourth-order valence-corrected chi connectivity index (χ4v) is 1.93. The third-order valence-corrected chi connectivity index (χ3v) is 3.10. The maximum atomic E-state index is 10.8. The van der Waals surface area contributed by atoms with Gasteiger partial charge in [-0.1, -0.05) is 12.5 Å². The van der Waals surface area contributed by atoms with Crippen molar-refractivity contribution in [3.05, 3.63) is 12.7 Å². The molecule has 0 bridgehead atoms. The van der Waals surface area contributed by atoms with E-state index in [1.54, 1.807) is 0 Å². The summed E-state index contributed by atoms with van der Waals surface area (Å²) in [5.41, 5.74) is 5.27. The number of allylic oxidation sites excluding steroid dienone is 1. The summed E-state index contributed by atoms with van der Waals surface area (Å²) in [4.78, 5) is 0. The van der Waals surface area contributed by atoms with Crippen molar-refractivity contribution in [1.82, 2.24) is 0 Å². The maximum absolute atomic E-state index is 10.8. The van der Waals surface area contributed by atoms with E-state index in [4.69, 9.17) is 10.3 Å². The first-order valence-electron chi connectivity index (χ1n) is 4.29. The van der Waals surface area contributed by atoms with Crippen LogP contribution in [0.15, 0.2) is 12.7 Å². The first-order valence-corrected chi connectivity index (χ1v) is 5.80. The van der Waals surface area contributed by atoms with Crippen LogP contribution in [-0.4, -0.2) is 24.8 Å². The molecular weight excluding hydrogens is 190 g/mol. The highest BCUT2D eigenvalue weighted by Gasteiger charge is 2.20. The molecule has 0 fully saturated rings. The topological polar surface area (TPSA) is 80.4 Å². The lowest BCUT2D eigenvalue weighted by atomic mass is 10.1. The van der Waals surface area contributed by atoms with Crippen LogP contribution in [0.1, 0.15) is 25.7 Å². The van der Waals surface area contributed by atoms with E-state index in [2.05, 4.69) is 6.58 Å². The Bertz CT molecular complexity index is 236. The SMILES string of the molecule is C=CCC(CCCCN)S(=O)(=O)O. The van der Waals surface area contributed by atoms with E-state index >= 15 is 0 Å². The third-order valence-electron chi connectivity index (χ3n) is 1.83. The smallest absolute Gasteiger partial charge is 0.268 e. The van der Waals surface area contributed by atoms with Crippen molar-refractivity contribution >= 4 is 10.1 Å². The zero-order valence-electron chi connectivity index (χ0n) is 7.65. The van der Waals surface area contributed by atoms with Crippen LogP contribution in [0.4, 0.5) is 0 Å². The zero-order valence-corrected chi connectivity index (χ0v) is 8.46. The second kappa shape index (κ2) is 6.12. The van der Waals surface area contributed by atoms with Crippen LogP contribution in [0.25, 0.3) is 0 Å². The van der Waals surface area contributed by atoms with Gasteiger partial charge in [-0.25, -0.2) is 0 Å². The summed E-state index contributed by atoms with van der Waals surface area (Å²) < 4.78 is 30.4. The molecule has 78 valence electrons. The fraction of sp³-hybridized carbons (Fsp3) is 0.750. The van der Waals surface area contributed by atoms with Crippen molar-refractivity contribution in [2.45, 2.75) is 30.9 Å². The summed E-state index contributed by atoms with van der Waals surface area (Å²) in [6.45, 7) is 3.99. The molecule has 0 aliphatic rings. The van der Waals surface area contributed by atoms with Crippen molar-refractivity contribution in [2.24, 2.45) is 5.73 Å².